The summed E-state index contributed by atoms with van der Waals surface area (Å²) in [6.07, 6.45) is 7.45. The highest BCUT2D eigenvalue weighted by molar-refractivity contribution is 6.02. The molecule has 1 fully saturated rings. The number of aryl methyl sites for hydroxylation is 1. The van der Waals surface area contributed by atoms with Crippen molar-refractivity contribution >= 4 is 11.9 Å². The maximum atomic E-state index is 14.1. The van der Waals surface area contributed by atoms with Crippen LogP contribution in [0.3, 0.4) is 0 Å². The van der Waals surface area contributed by atoms with E-state index in [1.165, 1.54) is 0 Å². The van der Waals surface area contributed by atoms with Crippen molar-refractivity contribution in [2.24, 2.45) is 5.16 Å². The van der Waals surface area contributed by atoms with Crippen molar-refractivity contribution in [1.29, 1.82) is 0 Å². The van der Waals surface area contributed by atoms with Gasteiger partial charge in [-0.25, -0.2) is 18.2 Å². The Kier molecular flexibility index (Phi) is 7.61. The summed E-state index contributed by atoms with van der Waals surface area (Å²) in [6.45, 7) is 4.42. The second-order valence-corrected chi connectivity index (χ2v) is 9.20. The van der Waals surface area contributed by atoms with Crippen LogP contribution in [-0.4, -0.2) is 40.0 Å². The number of imidazole rings is 1. The van der Waals surface area contributed by atoms with Crippen molar-refractivity contribution in [2.75, 3.05) is 13.7 Å². The monoisotopic (exact) mass is 512 g/mol. The van der Waals surface area contributed by atoms with E-state index in [0.29, 0.717) is 30.1 Å². The molecule has 0 spiro atoms. The molecule has 2 aliphatic heterocycles. The number of amidine groups is 1. The van der Waals surface area contributed by atoms with E-state index in [4.69, 9.17) is 9.57 Å². The van der Waals surface area contributed by atoms with Gasteiger partial charge in [0.1, 0.15) is 11.9 Å². The first-order chi connectivity index (χ1) is 17.3. The lowest BCUT2D eigenvalue weighted by Crippen LogP contribution is -2.39. The number of aromatic nitrogens is 2. The van der Waals surface area contributed by atoms with Crippen LogP contribution in [0.5, 0.6) is 5.75 Å². The highest BCUT2D eigenvalue weighted by atomic mass is 19.2. The molecule has 0 N–H and O–H groups in total. The van der Waals surface area contributed by atoms with Crippen LogP contribution in [0.2, 0.25) is 0 Å². The molecule has 1 aromatic heterocycles. The minimum atomic E-state index is -1.46. The van der Waals surface area contributed by atoms with Gasteiger partial charge in [-0.3, -0.25) is 0 Å². The van der Waals surface area contributed by atoms with E-state index in [9.17, 15) is 13.2 Å². The second kappa shape index (κ2) is 10.7. The normalized spacial score (nSPS) is 20.4. The zero-order chi connectivity index (χ0) is 25.4. The van der Waals surface area contributed by atoms with Gasteiger partial charge in [0.2, 0.25) is 0 Å². The van der Waals surface area contributed by atoms with Crippen LogP contribution in [0.4, 0.5) is 13.2 Å². The number of nitrogens with zero attached hydrogens (tertiary/aromatic N) is 4. The molecular weight excluding hydrogens is 481 g/mol. The topological polar surface area (TPSA) is 51.9 Å². The summed E-state index contributed by atoms with van der Waals surface area (Å²) in [6, 6.07) is 7.63. The van der Waals surface area contributed by atoms with E-state index in [1.807, 2.05) is 53.8 Å². The van der Waals surface area contributed by atoms with Gasteiger partial charge in [0.25, 0.3) is 0 Å². The average Bonchev–Trinajstić information content (AvgIpc) is 3.22. The Balaban J connectivity index is 0.00000320. The summed E-state index contributed by atoms with van der Waals surface area (Å²) in [4.78, 5) is 12.0. The molecule has 37 heavy (non-hydrogen) atoms. The smallest absolute Gasteiger partial charge is 0.194 e. The van der Waals surface area contributed by atoms with Crippen LogP contribution in [-0.2, 0) is 4.84 Å². The second-order valence-electron chi connectivity index (χ2n) is 9.20. The number of methoxy groups -OCH3 is 1. The molecule has 3 heterocycles. The molecule has 6 nitrogen and oxygen atoms in total. The van der Waals surface area contributed by atoms with Gasteiger partial charge in [-0.1, -0.05) is 18.6 Å². The Morgan fingerprint density at radius 2 is 1.89 bits per heavy atom. The fourth-order valence-corrected chi connectivity index (χ4v) is 4.85. The summed E-state index contributed by atoms with van der Waals surface area (Å²) < 4.78 is 49.4. The molecule has 196 valence electrons. The van der Waals surface area contributed by atoms with Crippen LogP contribution in [0, 0.1) is 24.4 Å². The van der Waals surface area contributed by atoms with E-state index in [2.05, 4.69) is 10.1 Å². The summed E-state index contributed by atoms with van der Waals surface area (Å²) in [5, 5.41) is 4.42. The number of ether oxygens (including phenoxy) is 1. The number of hydrogen-bond acceptors (Lipinski definition) is 5. The first-order valence-electron chi connectivity index (χ1n) is 11.9. The SMILES string of the molecule is C.COc1cc(/C=C2\CCCN3C2=NOC(C)C[C@@H]3c2cc(F)c(F)c(F)c2)ccc1-n1cnc(C)c1. The van der Waals surface area contributed by atoms with Gasteiger partial charge in [-0.2, -0.15) is 0 Å². The van der Waals surface area contributed by atoms with Crippen LogP contribution in [0.15, 0.2) is 53.6 Å². The van der Waals surface area contributed by atoms with Gasteiger partial charge in [-0.15, -0.1) is 0 Å². The predicted molar refractivity (Wildman–Crippen MR) is 137 cm³/mol. The van der Waals surface area contributed by atoms with E-state index in [1.54, 1.807) is 13.4 Å². The number of piperidine rings is 1. The summed E-state index contributed by atoms with van der Waals surface area (Å²) in [5.41, 5.74) is 3.99. The Hall–Kier alpha value is -3.75. The molecule has 0 aliphatic carbocycles. The molecule has 0 bridgehead atoms. The Bertz CT molecular complexity index is 1330. The van der Waals surface area contributed by atoms with E-state index >= 15 is 0 Å². The van der Waals surface area contributed by atoms with Crippen LogP contribution < -0.4 is 4.74 Å². The number of rotatable bonds is 4. The maximum Gasteiger partial charge on any atom is 0.194 e. The molecular formula is C28H31F3N4O2. The summed E-state index contributed by atoms with van der Waals surface area (Å²) >= 11 is 0. The lowest BCUT2D eigenvalue weighted by Gasteiger charge is -2.37. The quantitative estimate of drug-likeness (QED) is 0.370. The number of oxime groups is 1. The van der Waals surface area contributed by atoms with Gasteiger partial charge < -0.3 is 19.0 Å². The van der Waals surface area contributed by atoms with Crippen molar-refractivity contribution < 1.29 is 22.7 Å². The first kappa shape index (κ1) is 26.3. The number of hydrogen-bond donors (Lipinski definition) is 0. The molecule has 2 aromatic carbocycles. The van der Waals surface area contributed by atoms with Crippen LogP contribution >= 0.6 is 0 Å². The first-order valence-corrected chi connectivity index (χ1v) is 11.9. The number of halogens is 3. The van der Waals surface area contributed by atoms with Crippen LogP contribution in [0.1, 0.15) is 56.5 Å². The molecule has 2 atom stereocenters. The fraction of sp³-hybridized carbons (Fsp3) is 0.357. The third kappa shape index (κ3) is 5.21. The summed E-state index contributed by atoms with van der Waals surface area (Å²) in [5.74, 6) is -2.55. The Morgan fingerprint density at radius 3 is 2.57 bits per heavy atom. The number of benzene rings is 2. The fourth-order valence-electron chi connectivity index (χ4n) is 4.85. The summed E-state index contributed by atoms with van der Waals surface area (Å²) in [7, 11) is 1.62. The Morgan fingerprint density at radius 1 is 1.14 bits per heavy atom. The van der Waals surface area contributed by atoms with Gasteiger partial charge in [0, 0.05) is 19.2 Å². The maximum absolute atomic E-state index is 14.1. The largest absolute Gasteiger partial charge is 0.495 e. The molecule has 1 unspecified atom stereocenters. The molecule has 0 amide bonds. The Labute approximate surface area is 215 Å². The minimum absolute atomic E-state index is 0. The van der Waals surface area contributed by atoms with E-state index < -0.39 is 23.5 Å². The molecule has 0 saturated carbocycles. The number of fused-ring (bicyclic) bond motifs is 1. The van der Waals surface area contributed by atoms with E-state index in [0.717, 1.165) is 47.5 Å². The van der Waals surface area contributed by atoms with Crippen molar-refractivity contribution in [2.45, 2.75) is 52.7 Å². The molecule has 0 radical (unpaired) electrons. The van der Waals surface area contributed by atoms with Gasteiger partial charge in [0.15, 0.2) is 23.3 Å². The average molecular weight is 513 g/mol. The van der Waals surface area contributed by atoms with Crippen molar-refractivity contribution in [3.05, 3.63) is 82.7 Å². The van der Waals surface area contributed by atoms with Crippen molar-refractivity contribution in [1.82, 2.24) is 14.5 Å². The molecule has 1 saturated heterocycles. The van der Waals surface area contributed by atoms with Gasteiger partial charge in [-0.05, 0) is 73.7 Å². The van der Waals surface area contributed by atoms with Crippen molar-refractivity contribution in [3.8, 4) is 11.4 Å². The lowest BCUT2D eigenvalue weighted by molar-refractivity contribution is 0.0642. The van der Waals surface area contributed by atoms with Crippen LogP contribution in [0.25, 0.3) is 11.8 Å². The van der Waals surface area contributed by atoms with E-state index in [-0.39, 0.29) is 13.5 Å². The highest BCUT2D eigenvalue weighted by Crippen LogP contribution is 2.36. The zero-order valence-electron chi connectivity index (χ0n) is 20.3. The lowest BCUT2D eigenvalue weighted by atomic mass is 9.93. The zero-order valence-corrected chi connectivity index (χ0v) is 20.3. The third-order valence-corrected chi connectivity index (χ3v) is 6.58. The van der Waals surface area contributed by atoms with Crippen molar-refractivity contribution in [3.63, 3.8) is 0 Å². The van der Waals surface area contributed by atoms with Gasteiger partial charge in [0.05, 0.1) is 30.9 Å². The minimum Gasteiger partial charge on any atom is -0.495 e. The predicted octanol–water partition coefficient (Wildman–Crippen LogP) is 6.59. The molecule has 5 rings (SSSR count). The highest BCUT2D eigenvalue weighted by Gasteiger charge is 2.34. The molecule has 3 aromatic rings. The van der Waals surface area contributed by atoms with Gasteiger partial charge >= 0.3 is 0 Å². The molecule has 2 aliphatic rings. The molecule has 9 heteroatoms. The standard InChI is InChI=1S/C27H27F3N4O2.CH4/c1-16-14-33(15-31-16)23-7-6-18(11-25(23)35-3)10-19-5-4-8-34-24(9-17(2)36-32-27(19)34)20-12-21(28)26(30)22(29)13-20;/h6-7,10-15,17,24H,4-5,8-9H2,1-3H3;1H4/b19-10+;/t17?,24-;/m1./s1. The third-order valence-electron chi connectivity index (χ3n) is 6.58.